The van der Waals surface area contributed by atoms with Crippen molar-refractivity contribution in [3.63, 3.8) is 0 Å². The average Bonchev–Trinajstić information content (AvgIpc) is 2.13. The molecule has 2 heteroatoms. The van der Waals surface area contributed by atoms with Gasteiger partial charge in [-0.15, -0.1) is 0 Å². The van der Waals surface area contributed by atoms with Crippen LogP contribution in [0.15, 0.2) is 12.1 Å². The molecule has 0 aliphatic rings. The first kappa shape index (κ1) is 10.6. The van der Waals surface area contributed by atoms with Crippen molar-refractivity contribution in [3.05, 3.63) is 28.8 Å². The Hall–Kier alpha value is -1.49. The van der Waals surface area contributed by atoms with E-state index in [0.29, 0.717) is 0 Å². The van der Waals surface area contributed by atoms with Crippen molar-refractivity contribution < 1.29 is 0 Å². The number of benzene rings is 1. The second-order valence-corrected chi connectivity index (χ2v) is 4.26. The smallest absolute Gasteiger partial charge is 0.0766 e. The summed E-state index contributed by atoms with van der Waals surface area (Å²) < 4.78 is 0. The second kappa shape index (κ2) is 3.34. The molecule has 14 heavy (non-hydrogen) atoms. The number of hydrogen-bond acceptors (Lipinski definition) is 2. The van der Waals surface area contributed by atoms with Gasteiger partial charge in [-0.25, -0.2) is 0 Å². The van der Waals surface area contributed by atoms with Crippen molar-refractivity contribution in [2.45, 2.75) is 33.1 Å². The number of aryl methyl sites for hydroxylation is 2. The summed E-state index contributed by atoms with van der Waals surface area (Å²) in [5.74, 6) is 0. The fourth-order valence-corrected chi connectivity index (χ4v) is 1.40. The maximum Gasteiger partial charge on any atom is 0.0766 e. The molecule has 1 aromatic rings. The van der Waals surface area contributed by atoms with E-state index < -0.39 is 5.41 Å². The molecule has 0 aliphatic carbocycles. The highest BCUT2D eigenvalue weighted by Gasteiger charge is 2.20. The van der Waals surface area contributed by atoms with Crippen LogP contribution >= 0.6 is 0 Å². The van der Waals surface area contributed by atoms with Crippen LogP contribution in [0.25, 0.3) is 0 Å². The predicted molar refractivity (Wildman–Crippen MR) is 59.0 cm³/mol. The largest absolute Gasteiger partial charge is 0.398 e. The Morgan fingerprint density at radius 2 is 1.64 bits per heavy atom. The number of hydrogen-bond donors (Lipinski definition) is 1. The summed E-state index contributed by atoms with van der Waals surface area (Å²) in [6.07, 6.45) is 0. The zero-order chi connectivity index (χ0) is 10.9. The fourth-order valence-electron chi connectivity index (χ4n) is 1.40. The van der Waals surface area contributed by atoms with Gasteiger partial charge in [0.05, 0.1) is 11.5 Å². The first-order valence-corrected chi connectivity index (χ1v) is 4.67. The third-order valence-electron chi connectivity index (χ3n) is 2.59. The number of nitrogens with two attached hydrogens (primary N) is 1. The quantitative estimate of drug-likeness (QED) is 0.689. The number of nitriles is 1. The van der Waals surface area contributed by atoms with Crippen LogP contribution in [-0.4, -0.2) is 0 Å². The molecule has 74 valence electrons. The Morgan fingerprint density at radius 3 is 2.00 bits per heavy atom. The zero-order valence-electron chi connectivity index (χ0n) is 9.18. The van der Waals surface area contributed by atoms with Crippen molar-refractivity contribution >= 4 is 5.69 Å². The molecular weight excluding hydrogens is 172 g/mol. The number of nitrogen functional groups attached to an aromatic ring is 1. The summed E-state index contributed by atoms with van der Waals surface area (Å²) in [7, 11) is 0. The molecule has 0 saturated heterocycles. The van der Waals surface area contributed by atoms with E-state index in [4.69, 9.17) is 11.0 Å². The third-order valence-corrected chi connectivity index (χ3v) is 2.59. The number of anilines is 1. The lowest BCUT2D eigenvalue weighted by Crippen LogP contribution is -2.14. The van der Waals surface area contributed by atoms with E-state index in [1.54, 1.807) is 0 Å². The third kappa shape index (κ3) is 1.72. The maximum absolute atomic E-state index is 9.02. The van der Waals surface area contributed by atoms with Crippen molar-refractivity contribution in [2.24, 2.45) is 0 Å². The zero-order valence-corrected chi connectivity index (χ0v) is 9.18. The Morgan fingerprint density at radius 1 is 1.21 bits per heavy atom. The van der Waals surface area contributed by atoms with E-state index in [0.717, 1.165) is 22.4 Å². The van der Waals surface area contributed by atoms with Gasteiger partial charge < -0.3 is 5.73 Å². The van der Waals surface area contributed by atoms with Crippen LogP contribution in [0.3, 0.4) is 0 Å². The highest BCUT2D eigenvalue weighted by Crippen LogP contribution is 2.27. The van der Waals surface area contributed by atoms with Crippen LogP contribution in [0.1, 0.15) is 30.5 Å². The number of nitrogens with zero attached hydrogens (tertiary/aromatic N) is 1. The topological polar surface area (TPSA) is 49.8 Å². The first-order valence-electron chi connectivity index (χ1n) is 4.67. The van der Waals surface area contributed by atoms with Gasteiger partial charge in [-0.3, -0.25) is 0 Å². The molecule has 0 fully saturated rings. The van der Waals surface area contributed by atoms with Crippen LogP contribution in [0.5, 0.6) is 0 Å². The molecule has 0 heterocycles. The molecule has 2 nitrogen and oxygen atoms in total. The van der Waals surface area contributed by atoms with Crippen molar-refractivity contribution in [1.82, 2.24) is 0 Å². The van der Waals surface area contributed by atoms with Crippen molar-refractivity contribution in [3.8, 4) is 6.07 Å². The van der Waals surface area contributed by atoms with Gasteiger partial charge in [0.25, 0.3) is 0 Å². The Labute approximate surface area is 85.4 Å². The highest BCUT2D eigenvalue weighted by molar-refractivity contribution is 5.56. The molecule has 0 aliphatic heterocycles. The van der Waals surface area contributed by atoms with Gasteiger partial charge in [0.2, 0.25) is 0 Å². The lowest BCUT2D eigenvalue weighted by atomic mass is 9.84. The summed E-state index contributed by atoms with van der Waals surface area (Å²) in [6, 6.07) is 6.27. The molecule has 0 amide bonds. The standard InChI is InChI=1S/C12H16N2/c1-8-5-10(12(3,4)7-13)6-9(2)11(8)14/h5-6H,14H2,1-4H3. The van der Waals surface area contributed by atoms with Gasteiger partial charge in [-0.05, 0) is 44.4 Å². The van der Waals surface area contributed by atoms with Gasteiger partial charge >= 0.3 is 0 Å². The van der Waals surface area contributed by atoms with E-state index in [1.807, 2.05) is 39.8 Å². The fraction of sp³-hybridized carbons (Fsp3) is 0.417. The van der Waals surface area contributed by atoms with Gasteiger partial charge in [0.1, 0.15) is 0 Å². The minimum atomic E-state index is -0.441. The minimum absolute atomic E-state index is 0.441. The molecule has 0 spiro atoms. The van der Waals surface area contributed by atoms with E-state index in [-0.39, 0.29) is 0 Å². The molecular formula is C12H16N2. The van der Waals surface area contributed by atoms with Crippen LogP contribution in [0, 0.1) is 25.2 Å². The molecule has 2 N–H and O–H groups in total. The van der Waals surface area contributed by atoms with Crippen LogP contribution in [0.2, 0.25) is 0 Å². The highest BCUT2D eigenvalue weighted by atomic mass is 14.6. The first-order chi connectivity index (χ1) is 6.38. The van der Waals surface area contributed by atoms with Gasteiger partial charge in [-0.1, -0.05) is 12.1 Å². The van der Waals surface area contributed by atoms with Gasteiger partial charge in [-0.2, -0.15) is 5.26 Å². The summed E-state index contributed by atoms with van der Waals surface area (Å²) in [5.41, 5.74) is 9.35. The minimum Gasteiger partial charge on any atom is -0.398 e. The molecule has 0 bridgehead atoms. The molecule has 0 atom stereocenters. The number of rotatable bonds is 1. The summed E-state index contributed by atoms with van der Waals surface area (Å²) in [4.78, 5) is 0. The molecule has 0 saturated carbocycles. The maximum atomic E-state index is 9.02. The molecule has 0 unspecified atom stereocenters. The van der Waals surface area contributed by atoms with Crippen molar-refractivity contribution in [1.29, 1.82) is 5.26 Å². The molecule has 1 aromatic carbocycles. The molecule has 0 radical (unpaired) electrons. The van der Waals surface area contributed by atoms with Crippen molar-refractivity contribution in [2.75, 3.05) is 5.73 Å². The van der Waals surface area contributed by atoms with E-state index in [2.05, 4.69) is 6.07 Å². The van der Waals surface area contributed by atoms with E-state index in [9.17, 15) is 0 Å². The Bertz CT molecular complexity index is 374. The van der Waals surface area contributed by atoms with E-state index >= 15 is 0 Å². The normalized spacial score (nSPS) is 11.1. The SMILES string of the molecule is Cc1cc(C(C)(C)C#N)cc(C)c1N. The van der Waals surface area contributed by atoms with E-state index in [1.165, 1.54) is 0 Å². The summed E-state index contributed by atoms with van der Waals surface area (Å²) in [5, 5.41) is 9.02. The summed E-state index contributed by atoms with van der Waals surface area (Å²) in [6.45, 7) is 7.77. The monoisotopic (exact) mass is 188 g/mol. The average molecular weight is 188 g/mol. The Balaban J connectivity index is 3.35. The Kier molecular flexibility index (Phi) is 2.53. The molecule has 1 rings (SSSR count). The van der Waals surface area contributed by atoms with Crippen LogP contribution in [-0.2, 0) is 5.41 Å². The summed E-state index contributed by atoms with van der Waals surface area (Å²) >= 11 is 0. The molecule has 0 aromatic heterocycles. The van der Waals surface area contributed by atoms with Gasteiger partial charge in [0, 0.05) is 5.69 Å². The second-order valence-electron chi connectivity index (χ2n) is 4.26. The van der Waals surface area contributed by atoms with Crippen LogP contribution in [0.4, 0.5) is 5.69 Å². The lowest BCUT2D eigenvalue weighted by Gasteiger charge is -2.18. The van der Waals surface area contributed by atoms with Gasteiger partial charge in [0.15, 0.2) is 0 Å². The predicted octanol–water partition coefficient (Wildman–Crippen LogP) is 2.69. The van der Waals surface area contributed by atoms with Crippen LogP contribution < -0.4 is 5.73 Å². The lowest BCUT2D eigenvalue weighted by molar-refractivity contribution is 0.685.